The van der Waals surface area contributed by atoms with Crippen molar-refractivity contribution >= 4 is 40.7 Å². The molecule has 5 nitrogen and oxygen atoms in total. The molecule has 0 bridgehead atoms. The first-order valence-corrected chi connectivity index (χ1v) is 10.5. The number of thiocarbonyl (C=S) groups is 1. The summed E-state index contributed by atoms with van der Waals surface area (Å²) < 4.78 is 5.81. The fourth-order valence-electron chi connectivity index (χ4n) is 2.44. The van der Waals surface area contributed by atoms with Gasteiger partial charge in [0.05, 0.1) is 6.54 Å². The van der Waals surface area contributed by atoms with Gasteiger partial charge in [0.1, 0.15) is 0 Å². The lowest BCUT2D eigenvalue weighted by Gasteiger charge is -2.24. The molecular weight excluding hydrogens is 376 g/mol. The second kappa shape index (κ2) is 8.87. The van der Waals surface area contributed by atoms with Crippen LogP contribution in [0.3, 0.4) is 0 Å². The molecule has 1 aliphatic rings. The summed E-state index contributed by atoms with van der Waals surface area (Å²) in [6, 6.07) is 7.84. The van der Waals surface area contributed by atoms with Gasteiger partial charge in [-0.2, -0.15) is 11.8 Å². The lowest BCUT2D eigenvalue weighted by Crippen LogP contribution is -2.41. The topological polar surface area (TPSA) is 54.2 Å². The summed E-state index contributed by atoms with van der Waals surface area (Å²) in [6.07, 6.45) is 5.53. The second-order valence-corrected chi connectivity index (χ2v) is 7.75. The Labute approximate surface area is 162 Å². The maximum atomic E-state index is 5.92. The van der Waals surface area contributed by atoms with Crippen LogP contribution in [0.5, 0.6) is 0 Å². The molecule has 134 valence electrons. The Morgan fingerprint density at radius 3 is 2.80 bits per heavy atom. The van der Waals surface area contributed by atoms with E-state index in [4.69, 9.17) is 28.2 Å². The Morgan fingerprint density at radius 1 is 1.36 bits per heavy atom. The van der Waals surface area contributed by atoms with Crippen LogP contribution < -0.4 is 5.32 Å². The zero-order valence-corrected chi connectivity index (χ0v) is 16.5. The van der Waals surface area contributed by atoms with Crippen LogP contribution in [0, 0.1) is 0 Å². The van der Waals surface area contributed by atoms with Crippen LogP contribution in [-0.4, -0.2) is 44.8 Å². The van der Waals surface area contributed by atoms with Gasteiger partial charge in [0.15, 0.2) is 5.11 Å². The normalized spacial score (nSPS) is 13.7. The van der Waals surface area contributed by atoms with Gasteiger partial charge in [-0.1, -0.05) is 11.6 Å². The molecule has 1 aromatic heterocycles. The summed E-state index contributed by atoms with van der Waals surface area (Å²) in [7, 11) is 0. The van der Waals surface area contributed by atoms with E-state index in [-0.39, 0.29) is 0 Å². The lowest BCUT2D eigenvalue weighted by molar-refractivity contribution is 0.343. The van der Waals surface area contributed by atoms with Crippen LogP contribution in [0.1, 0.15) is 25.2 Å². The summed E-state index contributed by atoms with van der Waals surface area (Å²) in [5.41, 5.74) is 0.860. The average molecular weight is 397 g/mol. The predicted octanol–water partition coefficient (Wildman–Crippen LogP) is 3.98. The van der Waals surface area contributed by atoms with E-state index in [2.05, 4.69) is 26.7 Å². The number of nitrogens with zero attached hydrogens (tertiary/aromatic N) is 3. The van der Waals surface area contributed by atoms with Gasteiger partial charge < -0.3 is 14.6 Å². The predicted molar refractivity (Wildman–Crippen MR) is 107 cm³/mol. The molecule has 1 fully saturated rings. The molecule has 25 heavy (non-hydrogen) atoms. The Balaban J connectivity index is 1.61. The zero-order chi connectivity index (χ0) is 17.6. The molecule has 1 aromatic carbocycles. The van der Waals surface area contributed by atoms with Crippen molar-refractivity contribution in [3.05, 3.63) is 35.2 Å². The molecule has 0 radical (unpaired) electrons. The van der Waals surface area contributed by atoms with Crippen molar-refractivity contribution in [3.8, 4) is 11.5 Å². The Bertz CT molecular complexity index is 703. The van der Waals surface area contributed by atoms with Crippen LogP contribution in [0.15, 0.2) is 28.7 Å². The molecule has 0 spiro atoms. The van der Waals surface area contributed by atoms with E-state index in [1.807, 2.05) is 36.0 Å². The fraction of sp³-hybridized carbons (Fsp3) is 0.471. The smallest absolute Gasteiger partial charge is 0.247 e. The molecule has 0 aliphatic heterocycles. The van der Waals surface area contributed by atoms with Crippen molar-refractivity contribution in [2.45, 2.75) is 31.8 Å². The summed E-state index contributed by atoms with van der Waals surface area (Å²) >= 11 is 13.3. The Kier molecular flexibility index (Phi) is 6.56. The van der Waals surface area contributed by atoms with Crippen molar-refractivity contribution in [2.75, 3.05) is 18.6 Å². The molecule has 1 heterocycles. The quantitative estimate of drug-likeness (QED) is 0.534. The first kappa shape index (κ1) is 18.5. The van der Waals surface area contributed by atoms with Gasteiger partial charge >= 0.3 is 0 Å². The average Bonchev–Trinajstić information content (AvgIpc) is 3.35. The van der Waals surface area contributed by atoms with E-state index in [0.717, 1.165) is 42.2 Å². The van der Waals surface area contributed by atoms with Crippen LogP contribution in [0.2, 0.25) is 5.02 Å². The number of benzene rings is 1. The van der Waals surface area contributed by atoms with Crippen molar-refractivity contribution in [2.24, 2.45) is 0 Å². The fourth-order valence-corrected chi connectivity index (χ4v) is 3.31. The van der Waals surface area contributed by atoms with Crippen LogP contribution in [0.4, 0.5) is 0 Å². The lowest BCUT2D eigenvalue weighted by atomic mass is 10.2. The van der Waals surface area contributed by atoms with E-state index in [1.54, 1.807) is 0 Å². The number of hydrogen-bond donors (Lipinski definition) is 1. The number of hydrogen-bond acceptors (Lipinski definition) is 5. The van der Waals surface area contributed by atoms with Gasteiger partial charge in [0.25, 0.3) is 0 Å². The van der Waals surface area contributed by atoms with Gasteiger partial charge in [-0.15, -0.1) is 10.2 Å². The summed E-state index contributed by atoms with van der Waals surface area (Å²) in [5, 5.41) is 13.1. The van der Waals surface area contributed by atoms with Crippen LogP contribution in [-0.2, 0) is 6.54 Å². The largest absolute Gasteiger partial charge is 0.419 e. The van der Waals surface area contributed by atoms with Crippen LogP contribution >= 0.6 is 35.6 Å². The monoisotopic (exact) mass is 396 g/mol. The number of aromatic nitrogens is 2. The third-order valence-electron chi connectivity index (χ3n) is 3.91. The highest BCUT2D eigenvalue weighted by Gasteiger charge is 2.32. The first-order valence-electron chi connectivity index (χ1n) is 8.29. The Morgan fingerprint density at radius 2 is 2.12 bits per heavy atom. The zero-order valence-electron chi connectivity index (χ0n) is 14.1. The molecule has 2 aromatic rings. The minimum atomic E-state index is 0.478. The van der Waals surface area contributed by atoms with Gasteiger partial charge in [0.2, 0.25) is 11.8 Å². The van der Waals surface area contributed by atoms with Crippen molar-refractivity contribution < 1.29 is 4.42 Å². The SMILES string of the molecule is CSCCCNC(=S)N(Cc1nnc(-c2ccc(Cl)cc2)o1)C1CC1. The van der Waals surface area contributed by atoms with Crippen molar-refractivity contribution in [1.82, 2.24) is 20.4 Å². The molecule has 8 heteroatoms. The standard InChI is InChI=1S/C17H21ClN4OS2/c1-25-10-2-9-19-17(24)22(14-7-8-14)11-15-20-21-16(23-15)12-3-5-13(18)6-4-12/h3-6,14H,2,7-11H2,1H3,(H,19,24). The number of rotatable bonds is 8. The molecular formula is C17H21ClN4OS2. The highest BCUT2D eigenvalue weighted by molar-refractivity contribution is 7.98. The third kappa shape index (κ3) is 5.33. The molecule has 1 N–H and O–H groups in total. The van der Waals surface area contributed by atoms with E-state index in [0.29, 0.717) is 29.4 Å². The maximum absolute atomic E-state index is 5.92. The number of nitrogens with one attached hydrogen (secondary N) is 1. The van der Waals surface area contributed by atoms with Gasteiger partial charge in [-0.3, -0.25) is 0 Å². The summed E-state index contributed by atoms with van der Waals surface area (Å²) in [5.74, 6) is 2.21. The summed E-state index contributed by atoms with van der Waals surface area (Å²) in [6.45, 7) is 1.43. The van der Waals surface area contributed by atoms with Crippen molar-refractivity contribution in [3.63, 3.8) is 0 Å². The molecule has 1 saturated carbocycles. The molecule has 0 unspecified atom stereocenters. The van der Waals surface area contributed by atoms with Gasteiger partial charge in [-0.05, 0) is 67.8 Å². The minimum Gasteiger partial charge on any atom is -0.419 e. The van der Waals surface area contributed by atoms with Crippen LogP contribution in [0.25, 0.3) is 11.5 Å². The molecule has 1 aliphatic carbocycles. The minimum absolute atomic E-state index is 0.478. The van der Waals surface area contributed by atoms with Gasteiger partial charge in [-0.25, -0.2) is 0 Å². The number of halogens is 1. The third-order valence-corrected chi connectivity index (χ3v) is 5.24. The number of thioether (sulfide) groups is 1. The second-order valence-electron chi connectivity index (χ2n) is 5.95. The molecule has 0 amide bonds. The van der Waals surface area contributed by atoms with Crippen molar-refractivity contribution in [1.29, 1.82) is 0 Å². The Hall–Kier alpha value is -1.31. The van der Waals surface area contributed by atoms with E-state index in [9.17, 15) is 0 Å². The highest BCUT2D eigenvalue weighted by Crippen LogP contribution is 2.29. The molecule has 0 saturated heterocycles. The van der Waals surface area contributed by atoms with E-state index < -0.39 is 0 Å². The summed E-state index contributed by atoms with van der Waals surface area (Å²) in [4.78, 5) is 2.16. The van der Waals surface area contributed by atoms with E-state index in [1.165, 1.54) is 0 Å². The first-order chi connectivity index (χ1) is 12.2. The molecule has 3 rings (SSSR count). The van der Waals surface area contributed by atoms with E-state index >= 15 is 0 Å². The highest BCUT2D eigenvalue weighted by atomic mass is 35.5. The molecule has 0 atom stereocenters. The maximum Gasteiger partial charge on any atom is 0.247 e. The van der Waals surface area contributed by atoms with Gasteiger partial charge in [0, 0.05) is 23.2 Å².